The largest absolute Gasteiger partial charge is 0.325 e. The maximum atomic E-state index is 9.18. The van der Waals surface area contributed by atoms with Crippen molar-refractivity contribution in [3.05, 3.63) is 29.3 Å². The molecule has 0 atom stereocenters. The molecule has 1 aromatic carbocycles. The van der Waals surface area contributed by atoms with Gasteiger partial charge in [0.1, 0.15) is 0 Å². The van der Waals surface area contributed by atoms with E-state index in [0.29, 0.717) is 0 Å². The molecule has 0 saturated heterocycles. The molecule has 13 heavy (non-hydrogen) atoms. The van der Waals surface area contributed by atoms with Crippen molar-refractivity contribution < 1.29 is 4.55 Å². The fourth-order valence-corrected chi connectivity index (χ4v) is 2.05. The zero-order valence-corrected chi connectivity index (χ0v) is 9.40. The zero-order chi connectivity index (χ0) is 10.1. The van der Waals surface area contributed by atoms with Gasteiger partial charge in [0.05, 0.1) is 0 Å². The third-order valence-corrected chi connectivity index (χ3v) is 2.84. The first kappa shape index (κ1) is 10.6. The van der Waals surface area contributed by atoms with Crippen molar-refractivity contribution in [1.29, 1.82) is 0 Å². The molecule has 0 radical (unpaired) electrons. The lowest BCUT2D eigenvalue weighted by Gasteiger charge is -2.22. The van der Waals surface area contributed by atoms with Gasteiger partial charge in [-0.05, 0) is 23.5 Å². The first-order chi connectivity index (χ1) is 5.96. The lowest BCUT2D eigenvalue weighted by molar-refractivity contribution is 0.572. The van der Waals surface area contributed by atoms with Gasteiger partial charge in [-0.25, -0.2) is 0 Å². The standard InChI is InChI=1S/C11H16OS/c1-8-6-5-7-9(10(8)13-12)11(2,3)4/h5-7,12H,1-4H3. The number of aryl methyl sites for hydroxylation is 1. The third kappa shape index (κ3) is 2.26. The normalized spacial score (nSPS) is 11.8. The molecule has 0 aliphatic heterocycles. The van der Waals surface area contributed by atoms with Crippen LogP contribution >= 0.6 is 12.0 Å². The Bertz CT molecular complexity index is 299. The molecule has 0 spiro atoms. The predicted molar refractivity (Wildman–Crippen MR) is 58.4 cm³/mol. The highest BCUT2D eigenvalue weighted by Gasteiger charge is 2.18. The third-order valence-electron chi connectivity index (χ3n) is 2.11. The van der Waals surface area contributed by atoms with E-state index in [4.69, 9.17) is 0 Å². The Hall–Kier alpha value is -0.470. The van der Waals surface area contributed by atoms with Crippen LogP contribution in [0.25, 0.3) is 0 Å². The van der Waals surface area contributed by atoms with Crippen LogP contribution in [0.15, 0.2) is 23.1 Å². The first-order valence-electron chi connectivity index (χ1n) is 4.38. The molecule has 1 N–H and O–H groups in total. The Kier molecular flexibility index (Phi) is 3.04. The van der Waals surface area contributed by atoms with E-state index in [2.05, 4.69) is 26.8 Å². The average Bonchev–Trinajstić information content (AvgIpc) is 2.02. The molecule has 0 aliphatic carbocycles. The highest BCUT2D eigenvalue weighted by molar-refractivity contribution is 7.93. The summed E-state index contributed by atoms with van der Waals surface area (Å²) < 4.78 is 9.18. The van der Waals surface area contributed by atoms with Crippen molar-refractivity contribution >= 4 is 12.0 Å². The monoisotopic (exact) mass is 196 g/mol. The van der Waals surface area contributed by atoms with Gasteiger partial charge in [-0.15, -0.1) is 0 Å². The summed E-state index contributed by atoms with van der Waals surface area (Å²) in [7, 11) is 0. The Morgan fingerprint density at radius 2 is 1.85 bits per heavy atom. The van der Waals surface area contributed by atoms with Gasteiger partial charge in [0.15, 0.2) is 0 Å². The van der Waals surface area contributed by atoms with Crippen molar-refractivity contribution in [2.24, 2.45) is 0 Å². The highest BCUT2D eigenvalue weighted by Crippen LogP contribution is 2.33. The quantitative estimate of drug-likeness (QED) is 0.688. The Morgan fingerprint density at radius 1 is 1.23 bits per heavy atom. The number of rotatable bonds is 1. The molecule has 1 nitrogen and oxygen atoms in total. The minimum absolute atomic E-state index is 0.0943. The number of benzene rings is 1. The van der Waals surface area contributed by atoms with Crippen molar-refractivity contribution in [2.45, 2.75) is 38.0 Å². The van der Waals surface area contributed by atoms with Crippen molar-refractivity contribution in [2.75, 3.05) is 0 Å². The molecule has 0 heterocycles. The van der Waals surface area contributed by atoms with Crippen LogP contribution < -0.4 is 0 Å². The second kappa shape index (κ2) is 3.72. The summed E-state index contributed by atoms with van der Waals surface area (Å²) in [5, 5.41) is 0. The highest BCUT2D eigenvalue weighted by atomic mass is 32.2. The Balaban J connectivity index is 3.29. The van der Waals surface area contributed by atoms with Gasteiger partial charge in [-0.1, -0.05) is 39.0 Å². The van der Waals surface area contributed by atoms with Gasteiger partial charge in [-0.2, -0.15) is 0 Å². The molecule has 0 saturated carbocycles. The minimum Gasteiger partial charge on any atom is -0.325 e. The van der Waals surface area contributed by atoms with Crippen LogP contribution in [-0.2, 0) is 5.41 Å². The summed E-state index contributed by atoms with van der Waals surface area (Å²) in [5.74, 6) is 0. The molecular formula is C11H16OS. The molecule has 0 bridgehead atoms. The molecule has 0 unspecified atom stereocenters. The van der Waals surface area contributed by atoms with Crippen molar-refractivity contribution in [3.8, 4) is 0 Å². The van der Waals surface area contributed by atoms with Crippen LogP contribution in [-0.4, -0.2) is 4.55 Å². The molecule has 0 fully saturated rings. The van der Waals surface area contributed by atoms with E-state index in [1.54, 1.807) is 0 Å². The van der Waals surface area contributed by atoms with Crippen LogP contribution in [0.5, 0.6) is 0 Å². The van der Waals surface area contributed by atoms with E-state index < -0.39 is 0 Å². The van der Waals surface area contributed by atoms with Crippen LogP contribution in [0.3, 0.4) is 0 Å². The van der Waals surface area contributed by atoms with Gasteiger partial charge in [0.25, 0.3) is 0 Å². The lowest BCUT2D eigenvalue weighted by atomic mass is 9.86. The summed E-state index contributed by atoms with van der Waals surface area (Å²) in [6.07, 6.45) is 0. The van der Waals surface area contributed by atoms with Crippen LogP contribution in [0.4, 0.5) is 0 Å². The van der Waals surface area contributed by atoms with E-state index >= 15 is 0 Å². The summed E-state index contributed by atoms with van der Waals surface area (Å²) in [5.41, 5.74) is 2.44. The summed E-state index contributed by atoms with van der Waals surface area (Å²) in [6.45, 7) is 8.48. The fraction of sp³-hybridized carbons (Fsp3) is 0.455. The van der Waals surface area contributed by atoms with E-state index in [1.165, 1.54) is 5.56 Å². The molecule has 0 aromatic heterocycles. The second-order valence-corrected chi connectivity index (χ2v) is 4.88. The van der Waals surface area contributed by atoms with Gasteiger partial charge < -0.3 is 4.55 Å². The summed E-state index contributed by atoms with van der Waals surface area (Å²) in [4.78, 5) is 0.995. The molecule has 0 aliphatic rings. The van der Waals surface area contributed by atoms with Gasteiger partial charge in [-0.3, -0.25) is 0 Å². The smallest absolute Gasteiger partial charge is 0.0417 e. The summed E-state index contributed by atoms with van der Waals surface area (Å²) >= 11 is 0.849. The van der Waals surface area contributed by atoms with Gasteiger partial charge in [0.2, 0.25) is 0 Å². The second-order valence-electron chi connectivity index (χ2n) is 4.29. The fourth-order valence-electron chi connectivity index (χ4n) is 1.36. The van der Waals surface area contributed by atoms with E-state index in [9.17, 15) is 4.55 Å². The molecular weight excluding hydrogens is 180 g/mol. The maximum Gasteiger partial charge on any atom is 0.0417 e. The van der Waals surface area contributed by atoms with Gasteiger partial charge in [0, 0.05) is 16.9 Å². The average molecular weight is 196 g/mol. The van der Waals surface area contributed by atoms with Crippen molar-refractivity contribution in [1.82, 2.24) is 0 Å². The molecule has 1 aromatic rings. The zero-order valence-electron chi connectivity index (χ0n) is 8.59. The molecule has 1 rings (SSSR count). The lowest BCUT2D eigenvalue weighted by Crippen LogP contribution is -2.12. The van der Waals surface area contributed by atoms with Crippen LogP contribution in [0.1, 0.15) is 31.9 Å². The van der Waals surface area contributed by atoms with E-state index in [-0.39, 0.29) is 5.41 Å². The summed E-state index contributed by atoms with van der Waals surface area (Å²) in [6, 6.07) is 6.13. The number of hydrogen-bond donors (Lipinski definition) is 1. The van der Waals surface area contributed by atoms with Gasteiger partial charge >= 0.3 is 0 Å². The molecule has 0 amide bonds. The molecule has 2 heteroatoms. The van der Waals surface area contributed by atoms with E-state index in [1.807, 2.05) is 19.1 Å². The van der Waals surface area contributed by atoms with Crippen LogP contribution in [0.2, 0.25) is 0 Å². The Morgan fingerprint density at radius 3 is 2.23 bits per heavy atom. The first-order valence-corrected chi connectivity index (χ1v) is 5.15. The van der Waals surface area contributed by atoms with Crippen molar-refractivity contribution in [3.63, 3.8) is 0 Å². The van der Waals surface area contributed by atoms with E-state index in [0.717, 1.165) is 22.5 Å². The topological polar surface area (TPSA) is 20.2 Å². The number of hydrogen-bond acceptors (Lipinski definition) is 2. The molecule has 72 valence electrons. The SMILES string of the molecule is Cc1cccc(C(C)(C)C)c1SO. The Labute approximate surface area is 84.4 Å². The minimum atomic E-state index is 0.0943. The predicted octanol–water partition coefficient (Wildman–Crippen LogP) is 3.86. The maximum absolute atomic E-state index is 9.18. The van der Waals surface area contributed by atoms with Crippen LogP contribution in [0, 0.1) is 6.92 Å².